The Labute approximate surface area is 67.8 Å². The van der Waals surface area contributed by atoms with Crippen LogP contribution in [0.3, 0.4) is 0 Å². The Morgan fingerprint density at radius 2 is 2.36 bits per heavy atom. The molecule has 0 bridgehead atoms. The number of hydrogen-bond donors (Lipinski definition) is 0. The van der Waals surface area contributed by atoms with E-state index in [-0.39, 0.29) is 0 Å². The Hall–Kier alpha value is -1.11. The summed E-state index contributed by atoms with van der Waals surface area (Å²) in [7, 11) is 0. The van der Waals surface area contributed by atoms with Crippen molar-refractivity contribution in [3.63, 3.8) is 0 Å². The van der Waals surface area contributed by atoms with Crippen LogP contribution in [0.15, 0.2) is 24.4 Å². The highest BCUT2D eigenvalue weighted by Gasteiger charge is 1.89. The van der Waals surface area contributed by atoms with Gasteiger partial charge in [0.15, 0.2) is 0 Å². The molecule has 11 heavy (non-hydrogen) atoms. The van der Waals surface area contributed by atoms with Gasteiger partial charge in [0.05, 0.1) is 5.69 Å². The van der Waals surface area contributed by atoms with Gasteiger partial charge in [-0.1, -0.05) is 13.0 Å². The summed E-state index contributed by atoms with van der Waals surface area (Å²) in [5.74, 6) is 0. The maximum atomic E-state index is 4.19. The van der Waals surface area contributed by atoms with Crippen LogP contribution in [0.2, 0.25) is 0 Å². The van der Waals surface area contributed by atoms with E-state index in [1.165, 1.54) is 5.56 Å². The predicted octanol–water partition coefficient (Wildman–Crippen LogP) is 2.68. The van der Waals surface area contributed by atoms with E-state index in [9.17, 15) is 0 Å². The van der Waals surface area contributed by atoms with Crippen LogP contribution in [-0.4, -0.2) is 4.98 Å². The first kappa shape index (κ1) is 7.99. The van der Waals surface area contributed by atoms with Gasteiger partial charge in [0.1, 0.15) is 0 Å². The Morgan fingerprint density at radius 3 is 3.00 bits per heavy atom. The number of nitrogens with zero attached hydrogens (tertiary/aromatic N) is 1. The quantitative estimate of drug-likeness (QED) is 0.626. The summed E-state index contributed by atoms with van der Waals surface area (Å²) < 4.78 is 0. The standard InChI is InChI=1S/C10H13N/c1-3-5-10-8-9(4-2)6-7-11-10/h3,5-8H,4H2,1-2H3/b5-3+. The van der Waals surface area contributed by atoms with Gasteiger partial charge in [0.2, 0.25) is 0 Å². The Balaban J connectivity index is 2.91. The Kier molecular flexibility index (Phi) is 2.84. The first-order chi connectivity index (χ1) is 5.36. The van der Waals surface area contributed by atoms with E-state index in [1.807, 2.05) is 31.3 Å². The van der Waals surface area contributed by atoms with Gasteiger partial charge >= 0.3 is 0 Å². The molecule has 0 saturated carbocycles. The lowest BCUT2D eigenvalue weighted by atomic mass is 10.2. The van der Waals surface area contributed by atoms with E-state index < -0.39 is 0 Å². The second-order valence-corrected chi connectivity index (χ2v) is 2.44. The van der Waals surface area contributed by atoms with Crippen molar-refractivity contribution < 1.29 is 0 Å². The van der Waals surface area contributed by atoms with Crippen molar-refractivity contribution >= 4 is 6.08 Å². The molecule has 0 aliphatic rings. The fraction of sp³-hybridized carbons (Fsp3) is 0.300. The van der Waals surface area contributed by atoms with Crippen LogP contribution in [0.1, 0.15) is 25.1 Å². The molecule has 0 aliphatic carbocycles. The molecule has 1 heterocycles. The third kappa shape index (κ3) is 2.19. The molecule has 0 radical (unpaired) electrons. The van der Waals surface area contributed by atoms with Gasteiger partial charge in [0, 0.05) is 6.20 Å². The van der Waals surface area contributed by atoms with E-state index in [0.29, 0.717) is 0 Å². The number of aromatic nitrogens is 1. The van der Waals surface area contributed by atoms with Gasteiger partial charge in [-0.2, -0.15) is 0 Å². The van der Waals surface area contributed by atoms with Gasteiger partial charge in [-0.15, -0.1) is 0 Å². The minimum Gasteiger partial charge on any atom is -0.257 e. The first-order valence-corrected chi connectivity index (χ1v) is 3.94. The van der Waals surface area contributed by atoms with E-state index in [2.05, 4.69) is 18.0 Å². The van der Waals surface area contributed by atoms with E-state index >= 15 is 0 Å². The van der Waals surface area contributed by atoms with Gasteiger partial charge < -0.3 is 0 Å². The molecule has 0 N–H and O–H groups in total. The normalized spacial score (nSPS) is 10.7. The van der Waals surface area contributed by atoms with Crippen molar-refractivity contribution in [3.8, 4) is 0 Å². The fourth-order valence-electron chi connectivity index (χ4n) is 0.976. The highest BCUT2D eigenvalue weighted by atomic mass is 14.6. The van der Waals surface area contributed by atoms with Crippen LogP contribution in [0.5, 0.6) is 0 Å². The lowest BCUT2D eigenvalue weighted by molar-refractivity contribution is 1.11. The van der Waals surface area contributed by atoms with Crippen molar-refractivity contribution in [2.24, 2.45) is 0 Å². The van der Waals surface area contributed by atoms with Gasteiger partial charge in [-0.05, 0) is 37.1 Å². The summed E-state index contributed by atoms with van der Waals surface area (Å²) in [5, 5.41) is 0. The highest BCUT2D eigenvalue weighted by molar-refractivity contribution is 5.44. The zero-order chi connectivity index (χ0) is 8.10. The van der Waals surface area contributed by atoms with Crippen molar-refractivity contribution in [2.45, 2.75) is 20.3 Å². The fourth-order valence-corrected chi connectivity index (χ4v) is 0.976. The van der Waals surface area contributed by atoms with Gasteiger partial charge in [-0.25, -0.2) is 0 Å². The highest BCUT2D eigenvalue weighted by Crippen LogP contribution is 2.03. The smallest absolute Gasteiger partial charge is 0.0629 e. The maximum absolute atomic E-state index is 4.19. The van der Waals surface area contributed by atoms with E-state index in [4.69, 9.17) is 0 Å². The van der Waals surface area contributed by atoms with Crippen LogP contribution < -0.4 is 0 Å². The summed E-state index contributed by atoms with van der Waals surface area (Å²) in [6, 6.07) is 4.16. The zero-order valence-corrected chi connectivity index (χ0v) is 7.04. The molecule has 0 unspecified atom stereocenters. The average molecular weight is 147 g/mol. The SMILES string of the molecule is C/C=C/c1cc(CC)ccn1. The summed E-state index contributed by atoms with van der Waals surface area (Å²) in [4.78, 5) is 4.19. The van der Waals surface area contributed by atoms with E-state index in [1.54, 1.807) is 0 Å². The molecular formula is C10H13N. The largest absolute Gasteiger partial charge is 0.257 e. The predicted molar refractivity (Wildman–Crippen MR) is 48.3 cm³/mol. The van der Waals surface area contributed by atoms with Gasteiger partial charge in [0.25, 0.3) is 0 Å². The van der Waals surface area contributed by atoms with Crippen molar-refractivity contribution in [1.29, 1.82) is 0 Å². The molecule has 1 heteroatoms. The summed E-state index contributed by atoms with van der Waals surface area (Å²) in [6.07, 6.45) is 6.95. The second-order valence-electron chi connectivity index (χ2n) is 2.44. The molecule has 0 saturated heterocycles. The topological polar surface area (TPSA) is 12.9 Å². The average Bonchev–Trinajstić information content (AvgIpc) is 2.06. The summed E-state index contributed by atoms with van der Waals surface area (Å²) in [5.41, 5.74) is 2.39. The summed E-state index contributed by atoms with van der Waals surface area (Å²) in [6.45, 7) is 4.15. The van der Waals surface area contributed by atoms with Crippen LogP contribution in [0, 0.1) is 0 Å². The lowest BCUT2D eigenvalue weighted by Gasteiger charge is -1.96. The van der Waals surface area contributed by atoms with Crippen LogP contribution >= 0.6 is 0 Å². The molecule has 0 fully saturated rings. The molecule has 0 aromatic carbocycles. The molecule has 0 atom stereocenters. The molecule has 1 rings (SSSR count). The van der Waals surface area contributed by atoms with Crippen LogP contribution in [0.4, 0.5) is 0 Å². The van der Waals surface area contributed by atoms with Crippen LogP contribution in [-0.2, 0) is 6.42 Å². The molecule has 0 aliphatic heterocycles. The lowest BCUT2D eigenvalue weighted by Crippen LogP contribution is -1.84. The molecule has 1 nitrogen and oxygen atoms in total. The number of hydrogen-bond acceptors (Lipinski definition) is 1. The number of allylic oxidation sites excluding steroid dienone is 1. The van der Waals surface area contributed by atoms with Crippen LogP contribution in [0.25, 0.3) is 6.08 Å². The van der Waals surface area contributed by atoms with Crippen molar-refractivity contribution in [1.82, 2.24) is 4.98 Å². The monoisotopic (exact) mass is 147 g/mol. The first-order valence-electron chi connectivity index (χ1n) is 3.94. The third-order valence-corrected chi connectivity index (χ3v) is 1.59. The minimum absolute atomic E-state index is 1.05. The third-order valence-electron chi connectivity index (χ3n) is 1.59. The molecule has 0 spiro atoms. The van der Waals surface area contributed by atoms with Crippen molar-refractivity contribution in [2.75, 3.05) is 0 Å². The van der Waals surface area contributed by atoms with Gasteiger partial charge in [-0.3, -0.25) is 4.98 Å². The molecule has 0 amide bonds. The Bertz CT molecular complexity index is 251. The molecular weight excluding hydrogens is 134 g/mol. The molecule has 58 valence electrons. The second kappa shape index (κ2) is 3.91. The minimum atomic E-state index is 1.05. The number of rotatable bonds is 2. The zero-order valence-electron chi connectivity index (χ0n) is 7.04. The molecule has 1 aromatic heterocycles. The number of aryl methyl sites for hydroxylation is 1. The summed E-state index contributed by atoms with van der Waals surface area (Å²) >= 11 is 0. The number of pyridine rings is 1. The molecule has 1 aromatic rings. The van der Waals surface area contributed by atoms with E-state index in [0.717, 1.165) is 12.1 Å². The Morgan fingerprint density at radius 1 is 1.55 bits per heavy atom. The maximum Gasteiger partial charge on any atom is 0.0629 e. The van der Waals surface area contributed by atoms with Crippen molar-refractivity contribution in [3.05, 3.63) is 35.7 Å².